The number of carbonyl (C=O) groups is 1. The van der Waals surface area contributed by atoms with Crippen LogP contribution < -0.4 is 5.32 Å². The van der Waals surface area contributed by atoms with Crippen molar-refractivity contribution >= 4 is 5.91 Å². The van der Waals surface area contributed by atoms with Gasteiger partial charge in [0.2, 0.25) is 0 Å². The van der Waals surface area contributed by atoms with Crippen LogP contribution in [0.15, 0.2) is 36.5 Å². The van der Waals surface area contributed by atoms with E-state index in [0.29, 0.717) is 17.9 Å². The Hall–Kier alpha value is -2.96. The highest BCUT2D eigenvalue weighted by Gasteiger charge is 2.43. The molecule has 3 aromatic heterocycles. The fourth-order valence-corrected chi connectivity index (χ4v) is 3.17. The van der Waals surface area contributed by atoms with Crippen molar-refractivity contribution in [2.24, 2.45) is 5.41 Å². The Balaban J connectivity index is 1.38. The van der Waals surface area contributed by atoms with Gasteiger partial charge in [-0.15, -0.1) is 0 Å². The molecule has 134 valence electrons. The van der Waals surface area contributed by atoms with Gasteiger partial charge in [0.1, 0.15) is 11.4 Å². The molecule has 1 aliphatic rings. The number of aryl methyl sites for hydroxylation is 2. The molecule has 1 fully saturated rings. The second-order valence-electron chi connectivity index (χ2n) is 7.15. The van der Waals surface area contributed by atoms with Gasteiger partial charge in [0, 0.05) is 30.4 Å². The lowest BCUT2D eigenvalue weighted by Crippen LogP contribution is -2.33. The maximum atomic E-state index is 12.5. The number of amides is 1. The summed E-state index contributed by atoms with van der Waals surface area (Å²) < 4.78 is 2.05. The number of aromatic amines is 1. The van der Waals surface area contributed by atoms with Gasteiger partial charge >= 0.3 is 0 Å². The fourth-order valence-electron chi connectivity index (χ4n) is 3.17. The van der Waals surface area contributed by atoms with E-state index >= 15 is 0 Å². The lowest BCUT2D eigenvalue weighted by atomic mass is 10.1. The van der Waals surface area contributed by atoms with Crippen LogP contribution >= 0.6 is 0 Å². The Kier molecular flexibility index (Phi) is 4.06. The third-order valence-corrected chi connectivity index (χ3v) is 4.92. The van der Waals surface area contributed by atoms with E-state index in [1.807, 2.05) is 29.8 Å². The number of rotatable bonds is 6. The van der Waals surface area contributed by atoms with Crippen LogP contribution in [0.5, 0.6) is 0 Å². The monoisotopic (exact) mass is 350 g/mol. The molecule has 1 aliphatic carbocycles. The van der Waals surface area contributed by atoms with Gasteiger partial charge in [-0.2, -0.15) is 10.2 Å². The van der Waals surface area contributed by atoms with Gasteiger partial charge in [-0.1, -0.05) is 6.07 Å². The molecule has 0 unspecified atom stereocenters. The second-order valence-corrected chi connectivity index (χ2v) is 7.15. The largest absolute Gasteiger partial charge is 0.350 e. The second kappa shape index (κ2) is 6.40. The summed E-state index contributed by atoms with van der Waals surface area (Å²) in [6.45, 7) is 5.55. The number of pyridine rings is 1. The van der Waals surface area contributed by atoms with Crippen molar-refractivity contribution in [1.82, 2.24) is 30.3 Å². The van der Waals surface area contributed by atoms with Crippen molar-refractivity contribution in [1.29, 1.82) is 0 Å². The minimum Gasteiger partial charge on any atom is -0.350 e. The topological polar surface area (TPSA) is 88.5 Å². The maximum absolute atomic E-state index is 12.5. The predicted molar refractivity (Wildman–Crippen MR) is 97.5 cm³/mol. The first-order chi connectivity index (χ1) is 12.5. The van der Waals surface area contributed by atoms with Crippen molar-refractivity contribution in [3.63, 3.8) is 0 Å². The van der Waals surface area contributed by atoms with Crippen LogP contribution in [0.4, 0.5) is 0 Å². The van der Waals surface area contributed by atoms with Gasteiger partial charge in [-0.3, -0.25) is 19.6 Å². The van der Waals surface area contributed by atoms with Crippen molar-refractivity contribution in [2.75, 3.05) is 6.54 Å². The van der Waals surface area contributed by atoms with E-state index in [1.165, 1.54) is 0 Å². The van der Waals surface area contributed by atoms with Gasteiger partial charge in [0.05, 0.1) is 11.4 Å². The minimum atomic E-state index is -0.140. The van der Waals surface area contributed by atoms with Crippen LogP contribution in [0.1, 0.15) is 34.7 Å². The molecule has 0 radical (unpaired) electrons. The van der Waals surface area contributed by atoms with Crippen molar-refractivity contribution in [3.8, 4) is 11.4 Å². The Morgan fingerprint density at radius 2 is 2.12 bits per heavy atom. The van der Waals surface area contributed by atoms with E-state index in [0.717, 1.165) is 36.5 Å². The number of hydrogen-bond donors (Lipinski definition) is 2. The molecule has 7 nitrogen and oxygen atoms in total. The quantitative estimate of drug-likeness (QED) is 0.715. The first-order valence-corrected chi connectivity index (χ1v) is 8.81. The third kappa shape index (κ3) is 3.37. The summed E-state index contributed by atoms with van der Waals surface area (Å²) in [7, 11) is 0. The Bertz CT molecular complexity index is 923. The molecule has 7 heteroatoms. The molecule has 0 aliphatic heterocycles. The van der Waals surface area contributed by atoms with E-state index in [2.05, 4.69) is 38.6 Å². The van der Waals surface area contributed by atoms with Crippen molar-refractivity contribution in [3.05, 3.63) is 53.6 Å². The van der Waals surface area contributed by atoms with Gasteiger partial charge in [-0.25, -0.2) is 0 Å². The van der Waals surface area contributed by atoms with Crippen LogP contribution in [-0.2, 0) is 6.54 Å². The van der Waals surface area contributed by atoms with Gasteiger partial charge < -0.3 is 5.32 Å². The zero-order valence-electron chi connectivity index (χ0n) is 15.0. The zero-order valence-corrected chi connectivity index (χ0v) is 15.0. The number of aromatic nitrogens is 5. The van der Waals surface area contributed by atoms with Gasteiger partial charge in [0.25, 0.3) is 5.91 Å². The van der Waals surface area contributed by atoms with Gasteiger partial charge in [-0.05, 0) is 51.0 Å². The standard InChI is InChI=1S/C19H22N6O/c1-13-9-14(2)25(24-13)12-19(6-7-19)11-21-18(26)17-10-16(22-23-17)15-5-3-4-8-20-15/h3-5,8-10H,6-7,11-12H2,1-2H3,(H,21,26)(H,22,23). The summed E-state index contributed by atoms with van der Waals surface area (Å²) >= 11 is 0. The van der Waals surface area contributed by atoms with Crippen molar-refractivity contribution < 1.29 is 4.79 Å². The summed E-state index contributed by atoms with van der Waals surface area (Å²) in [5.74, 6) is -0.140. The average Bonchev–Trinajstić information content (AvgIpc) is 3.08. The molecule has 0 spiro atoms. The average molecular weight is 350 g/mol. The van der Waals surface area contributed by atoms with Crippen LogP contribution in [0, 0.1) is 19.3 Å². The van der Waals surface area contributed by atoms with Gasteiger partial charge in [0.15, 0.2) is 0 Å². The van der Waals surface area contributed by atoms with Crippen LogP contribution in [0.25, 0.3) is 11.4 Å². The van der Waals surface area contributed by atoms with E-state index in [9.17, 15) is 4.79 Å². The molecule has 1 amide bonds. The minimum absolute atomic E-state index is 0.114. The molecule has 26 heavy (non-hydrogen) atoms. The molecule has 2 N–H and O–H groups in total. The number of hydrogen-bond acceptors (Lipinski definition) is 4. The number of nitrogens with one attached hydrogen (secondary N) is 2. The predicted octanol–water partition coefficient (Wildman–Crippen LogP) is 2.50. The number of H-pyrrole nitrogens is 1. The van der Waals surface area contributed by atoms with Crippen molar-refractivity contribution in [2.45, 2.75) is 33.2 Å². The number of carbonyl (C=O) groups excluding carboxylic acids is 1. The SMILES string of the molecule is Cc1cc(C)n(CC2(CNC(=O)c3cc(-c4ccccn4)n[nH]3)CC2)n1. The molecule has 3 aromatic rings. The Morgan fingerprint density at radius 3 is 2.77 bits per heavy atom. The highest BCUT2D eigenvalue weighted by atomic mass is 16.1. The first-order valence-electron chi connectivity index (χ1n) is 8.81. The lowest BCUT2D eigenvalue weighted by molar-refractivity contribution is 0.0937. The van der Waals surface area contributed by atoms with Crippen LogP contribution in [-0.4, -0.2) is 37.4 Å². The normalized spacial score (nSPS) is 15.0. The van der Waals surface area contributed by atoms with E-state index in [4.69, 9.17) is 0 Å². The Labute approximate surface area is 151 Å². The smallest absolute Gasteiger partial charge is 0.269 e. The van der Waals surface area contributed by atoms with Crippen LogP contribution in [0.2, 0.25) is 0 Å². The Morgan fingerprint density at radius 1 is 1.27 bits per heavy atom. The highest BCUT2D eigenvalue weighted by molar-refractivity contribution is 5.93. The maximum Gasteiger partial charge on any atom is 0.269 e. The molecule has 0 atom stereocenters. The van der Waals surface area contributed by atoms with E-state index in [-0.39, 0.29) is 11.3 Å². The molecule has 0 bridgehead atoms. The molecule has 0 aromatic carbocycles. The number of nitrogens with zero attached hydrogens (tertiary/aromatic N) is 4. The lowest BCUT2D eigenvalue weighted by Gasteiger charge is -2.17. The van der Waals surface area contributed by atoms with E-state index < -0.39 is 0 Å². The van der Waals surface area contributed by atoms with E-state index in [1.54, 1.807) is 12.3 Å². The third-order valence-electron chi connectivity index (χ3n) is 4.92. The molecule has 0 saturated heterocycles. The summed E-state index contributed by atoms with van der Waals surface area (Å²) in [5.41, 5.74) is 4.16. The first kappa shape index (κ1) is 16.5. The molecular weight excluding hydrogens is 328 g/mol. The molecular formula is C19H22N6O. The zero-order chi connectivity index (χ0) is 18.1. The van der Waals surface area contributed by atoms with Crippen LogP contribution in [0.3, 0.4) is 0 Å². The summed E-state index contributed by atoms with van der Waals surface area (Å²) in [6, 6.07) is 9.43. The fraction of sp³-hybridized carbons (Fsp3) is 0.368. The molecule has 3 heterocycles. The molecule has 1 saturated carbocycles. The summed E-state index contributed by atoms with van der Waals surface area (Å²) in [6.07, 6.45) is 3.92. The summed E-state index contributed by atoms with van der Waals surface area (Å²) in [4.78, 5) is 16.7. The summed E-state index contributed by atoms with van der Waals surface area (Å²) in [5, 5.41) is 14.6. The highest BCUT2D eigenvalue weighted by Crippen LogP contribution is 2.46. The molecule has 4 rings (SSSR count).